The van der Waals surface area contributed by atoms with Gasteiger partial charge in [0.2, 0.25) is 5.12 Å². The lowest BCUT2D eigenvalue weighted by atomic mass is 10.1. The first-order valence-electron chi connectivity index (χ1n) is 3.53. The van der Waals surface area contributed by atoms with E-state index in [0.717, 1.165) is 5.56 Å². The maximum absolute atomic E-state index is 10.9. The van der Waals surface area contributed by atoms with Crippen LogP contribution in [0.4, 0.5) is 0 Å². The van der Waals surface area contributed by atoms with Crippen LogP contribution in [0.3, 0.4) is 0 Å². The Balaban J connectivity index is 3.12. The molecule has 1 aromatic carbocycles. The number of thioether (sulfide) groups is 1. The molecule has 0 saturated heterocycles. The molecule has 0 atom stereocenters. The number of thiol groups is 1. The Labute approximate surface area is 82.0 Å². The van der Waals surface area contributed by atoms with Crippen molar-refractivity contribution >= 4 is 29.5 Å². The molecule has 0 aliphatic carbocycles. The molecular formula is C9H10OS2. The van der Waals surface area contributed by atoms with Crippen LogP contribution in [0.25, 0.3) is 0 Å². The minimum absolute atomic E-state index is 0.167. The molecule has 0 fully saturated rings. The second-order valence-electron chi connectivity index (χ2n) is 2.49. The number of aryl methyl sites for hydroxylation is 1. The van der Waals surface area contributed by atoms with Gasteiger partial charge in [-0.3, -0.25) is 4.79 Å². The van der Waals surface area contributed by atoms with Crippen molar-refractivity contribution in [1.82, 2.24) is 0 Å². The first kappa shape index (κ1) is 9.68. The molecule has 1 aromatic rings. The summed E-state index contributed by atoms with van der Waals surface area (Å²) >= 11 is 5.44. The molecule has 0 radical (unpaired) electrons. The Bertz CT molecular complexity index is 307. The minimum Gasteiger partial charge on any atom is -0.282 e. The van der Waals surface area contributed by atoms with Gasteiger partial charge in [0.25, 0.3) is 0 Å². The van der Waals surface area contributed by atoms with Crippen molar-refractivity contribution in [3.63, 3.8) is 0 Å². The van der Waals surface area contributed by atoms with Crippen molar-refractivity contribution in [3.8, 4) is 0 Å². The highest BCUT2D eigenvalue weighted by atomic mass is 32.2. The fourth-order valence-electron chi connectivity index (χ4n) is 1.00. The maximum atomic E-state index is 10.9. The fourth-order valence-corrected chi connectivity index (χ4v) is 1.75. The summed E-state index contributed by atoms with van der Waals surface area (Å²) in [5, 5.41) is -0.167. The molecule has 1 rings (SSSR count). The van der Waals surface area contributed by atoms with Crippen LogP contribution in [0.2, 0.25) is 0 Å². The number of hydrogen-bond donors (Lipinski definition) is 1. The van der Waals surface area contributed by atoms with Crippen LogP contribution < -0.4 is 0 Å². The van der Waals surface area contributed by atoms with E-state index in [-0.39, 0.29) is 5.12 Å². The molecule has 3 heteroatoms. The van der Waals surface area contributed by atoms with Gasteiger partial charge < -0.3 is 0 Å². The molecule has 0 bridgehead atoms. The van der Waals surface area contributed by atoms with Gasteiger partial charge in [-0.05, 0) is 36.9 Å². The summed E-state index contributed by atoms with van der Waals surface area (Å²) in [6.45, 7) is 1.92. The summed E-state index contributed by atoms with van der Waals surface area (Å²) in [5.41, 5.74) is 1.68. The van der Waals surface area contributed by atoms with Gasteiger partial charge in [0, 0.05) is 10.5 Å². The largest absolute Gasteiger partial charge is 0.282 e. The van der Waals surface area contributed by atoms with Crippen LogP contribution >= 0.6 is 24.4 Å². The van der Waals surface area contributed by atoms with Gasteiger partial charge in [-0.2, -0.15) is 0 Å². The summed E-state index contributed by atoms with van der Waals surface area (Å²) in [5.74, 6) is 0. The van der Waals surface area contributed by atoms with Crippen LogP contribution in [-0.2, 0) is 0 Å². The Morgan fingerprint density at radius 3 is 2.58 bits per heavy atom. The molecule has 0 aliphatic heterocycles. The zero-order valence-electron chi connectivity index (χ0n) is 7.00. The van der Waals surface area contributed by atoms with Crippen LogP contribution in [0.5, 0.6) is 0 Å². The van der Waals surface area contributed by atoms with Gasteiger partial charge in [-0.1, -0.05) is 0 Å². The smallest absolute Gasteiger partial charge is 0.216 e. The van der Waals surface area contributed by atoms with Crippen LogP contribution in [0, 0.1) is 6.92 Å². The predicted octanol–water partition coefficient (Wildman–Crippen LogP) is 2.79. The number of rotatable bonds is 2. The third-order valence-electron chi connectivity index (χ3n) is 1.66. The summed E-state index contributed by atoms with van der Waals surface area (Å²) < 4.78 is 0. The summed E-state index contributed by atoms with van der Waals surface area (Å²) in [6.07, 6.45) is 2.01. The summed E-state index contributed by atoms with van der Waals surface area (Å²) in [4.78, 5) is 12.1. The quantitative estimate of drug-likeness (QED) is 0.581. The molecule has 0 spiro atoms. The van der Waals surface area contributed by atoms with E-state index < -0.39 is 0 Å². The Morgan fingerprint density at radius 2 is 2.17 bits per heavy atom. The summed E-state index contributed by atoms with van der Waals surface area (Å²) in [6, 6.07) is 5.74. The average Bonchev–Trinajstić information content (AvgIpc) is 2.03. The van der Waals surface area contributed by atoms with Crippen LogP contribution in [0.1, 0.15) is 15.9 Å². The number of hydrogen-bond acceptors (Lipinski definition) is 2. The highest BCUT2D eigenvalue weighted by molar-refractivity contribution is 7.98. The van der Waals surface area contributed by atoms with Crippen molar-refractivity contribution < 1.29 is 4.79 Å². The molecule has 64 valence electrons. The molecule has 0 aromatic heterocycles. The Hall–Kier alpha value is -0.410. The molecular weight excluding hydrogens is 188 g/mol. The number of carbonyl (C=O) groups is 1. The molecule has 0 aliphatic rings. The van der Waals surface area contributed by atoms with Gasteiger partial charge in [0.05, 0.1) is 0 Å². The van der Waals surface area contributed by atoms with Crippen molar-refractivity contribution in [2.45, 2.75) is 11.8 Å². The first-order valence-corrected chi connectivity index (χ1v) is 5.20. The standard InChI is InChI=1S/C9H10OS2/c1-6-5-7(12-2)3-4-8(6)9(10)11/h3-5H,1-2H3,(H,10,11). The zero-order chi connectivity index (χ0) is 9.14. The molecule has 0 N–H and O–H groups in total. The van der Waals surface area contributed by atoms with E-state index in [0.29, 0.717) is 5.56 Å². The van der Waals surface area contributed by atoms with Gasteiger partial charge in [-0.25, -0.2) is 0 Å². The van der Waals surface area contributed by atoms with Crippen molar-refractivity contribution in [1.29, 1.82) is 0 Å². The zero-order valence-corrected chi connectivity index (χ0v) is 8.71. The molecule has 0 heterocycles. The monoisotopic (exact) mass is 198 g/mol. The van der Waals surface area contributed by atoms with Gasteiger partial charge >= 0.3 is 0 Å². The number of carbonyl (C=O) groups excluding carboxylic acids is 1. The minimum atomic E-state index is -0.167. The van der Waals surface area contributed by atoms with E-state index >= 15 is 0 Å². The molecule has 0 unspecified atom stereocenters. The lowest BCUT2D eigenvalue weighted by molar-refractivity contribution is 0.109. The van der Waals surface area contributed by atoms with Gasteiger partial charge in [0.15, 0.2) is 0 Å². The third kappa shape index (κ3) is 2.05. The first-order chi connectivity index (χ1) is 5.65. The molecule has 12 heavy (non-hydrogen) atoms. The lowest BCUT2D eigenvalue weighted by Crippen LogP contribution is -1.92. The van der Waals surface area contributed by atoms with Crippen LogP contribution in [-0.4, -0.2) is 11.4 Å². The second kappa shape index (κ2) is 4.01. The normalized spacial score (nSPS) is 9.92. The van der Waals surface area contributed by atoms with Crippen molar-refractivity contribution in [2.75, 3.05) is 6.26 Å². The van der Waals surface area contributed by atoms with Gasteiger partial charge in [0.1, 0.15) is 0 Å². The fraction of sp³-hybridized carbons (Fsp3) is 0.222. The SMILES string of the molecule is CSc1ccc(C(=O)S)c(C)c1. The Kier molecular flexibility index (Phi) is 3.23. The van der Waals surface area contributed by atoms with Gasteiger partial charge in [-0.15, -0.1) is 24.4 Å². The summed E-state index contributed by atoms with van der Waals surface area (Å²) in [7, 11) is 0. The Morgan fingerprint density at radius 1 is 1.50 bits per heavy atom. The number of benzene rings is 1. The van der Waals surface area contributed by atoms with E-state index in [1.165, 1.54) is 4.90 Å². The second-order valence-corrected chi connectivity index (χ2v) is 3.77. The topological polar surface area (TPSA) is 17.1 Å². The highest BCUT2D eigenvalue weighted by Gasteiger charge is 2.03. The van der Waals surface area contributed by atoms with E-state index in [1.807, 2.05) is 31.4 Å². The maximum Gasteiger partial charge on any atom is 0.216 e. The highest BCUT2D eigenvalue weighted by Crippen LogP contribution is 2.19. The lowest BCUT2D eigenvalue weighted by Gasteiger charge is -2.02. The van der Waals surface area contributed by atoms with E-state index in [1.54, 1.807) is 11.8 Å². The molecule has 0 saturated carbocycles. The molecule has 0 amide bonds. The van der Waals surface area contributed by atoms with Crippen molar-refractivity contribution in [3.05, 3.63) is 29.3 Å². The molecule has 1 nitrogen and oxygen atoms in total. The average molecular weight is 198 g/mol. The third-order valence-corrected chi connectivity index (χ3v) is 2.63. The van der Waals surface area contributed by atoms with E-state index in [9.17, 15) is 4.79 Å². The van der Waals surface area contributed by atoms with Crippen molar-refractivity contribution in [2.24, 2.45) is 0 Å². The van der Waals surface area contributed by atoms with Crippen LogP contribution in [0.15, 0.2) is 23.1 Å². The van der Waals surface area contributed by atoms with E-state index in [4.69, 9.17) is 0 Å². The predicted molar refractivity (Wildman–Crippen MR) is 56.3 cm³/mol. The van der Waals surface area contributed by atoms with E-state index in [2.05, 4.69) is 12.6 Å².